The highest BCUT2D eigenvalue weighted by molar-refractivity contribution is 5.98. The van der Waals surface area contributed by atoms with Crippen molar-refractivity contribution in [3.8, 4) is 0 Å². The van der Waals surface area contributed by atoms with Crippen molar-refractivity contribution in [2.24, 2.45) is 5.92 Å². The molecule has 0 bridgehead atoms. The smallest absolute Gasteiger partial charge is 0.0317 e. The summed E-state index contributed by atoms with van der Waals surface area (Å²) in [7, 11) is 0. The van der Waals surface area contributed by atoms with Crippen LogP contribution in [0.2, 0.25) is 0 Å². The number of hydrogen-bond donors (Lipinski definition) is 1. The number of benzene rings is 2. The lowest BCUT2D eigenvalue weighted by Gasteiger charge is -2.23. The minimum Gasteiger partial charge on any atom is -0.399 e. The van der Waals surface area contributed by atoms with Gasteiger partial charge in [-0.1, -0.05) is 62.1 Å². The van der Waals surface area contributed by atoms with Gasteiger partial charge < -0.3 is 5.73 Å². The Balaban J connectivity index is 2.05. The molecule has 1 nitrogen and oxygen atoms in total. The lowest BCUT2D eigenvalue weighted by atomic mass is 9.81. The fraction of sp³-hybridized carbons (Fsp3) is 0.182. The summed E-state index contributed by atoms with van der Waals surface area (Å²) >= 11 is 0. The molecular weight excluding hydrogens is 278 g/mol. The first-order chi connectivity index (χ1) is 11.1. The Morgan fingerprint density at radius 2 is 1.87 bits per heavy atom. The van der Waals surface area contributed by atoms with Crippen LogP contribution in [0.4, 0.5) is 5.69 Å². The van der Waals surface area contributed by atoms with Crippen molar-refractivity contribution < 1.29 is 0 Å². The van der Waals surface area contributed by atoms with Crippen molar-refractivity contribution in [1.29, 1.82) is 0 Å². The van der Waals surface area contributed by atoms with Crippen molar-refractivity contribution in [2.75, 3.05) is 5.73 Å². The molecule has 0 fully saturated rings. The molecule has 1 aliphatic carbocycles. The standard InChI is InChI=1S/C22H23N/c1-15-9-11-21(20-12-10-19(23)14-16(20)2)22(13-15)17(3)18-7-5-4-6-8-18/h4-8,10-15H,3,9,23H2,1-2H3. The molecule has 1 heteroatoms. The number of nitrogens with two attached hydrogens (primary N) is 1. The third-order valence-electron chi connectivity index (χ3n) is 4.42. The van der Waals surface area contributed by atoms with Crippen molar-refractivity contribution in [1.82, 2.24) is 0 Å². The van der Waals surface area contributed by atoms with E-state index in [4.69, 9.17) is 5.73 Å². The Hall–Kier alpha value is -2.54. The van der Waals surface area contributed by atoms with Crippen molar-refractivity contribution >= 4 is 16.8 Å². The fourth-order valence-corrected chi connectivity index (χ4v) is 3.16. The molecule has 0 aliphatic heterocycles. The molecule has 0 aromatic heterocycles. The molecular formula is C22H23N. The minimum atomic E-state index is 0.531. The normalized spacial score (nSPS) is 17.4. The van der Waals surface area contributed by atoms with E-state index in [1.165, 1.54) is 27.8 Å². The molecule has 1 unspecified atom stereocenters. The van der Waals surface area contributed by atoms with E-state index in [1.807, 2.05) is 18.2 Å². The number of hydrogen-bond acceptors (Lipinski definition) is 1. The van der Waals surface area contributed by atoms with Crippen LogP contribution in [0.3, 0.4) is 0 Å². The lowest BCUT2D eigenvalue weighted by Crippen LogP contribution is -2.04. The summed E-state index contributed by atoms with van der Waals surface area (Å²) in [5.74, 6) is 0.531. The van der Waals surface area contributed by atoms with Crippen LogP contribution < -0.4 is 5.73 Å². The van der Waals surface area contributed by atoms with Crippen molar-refractivity contribution in [2.45, 2.75) is 20.3 Å². The van der Waals surface area contributed by atoms with E-state index in [9.17, 15) is 0 Å². The first-order valence-electron chi connectivity index (χ1n) is 8.10. The van der Waals surface area contributed by atoms with Crippen molar-refractivity contribution in [3.05, 3.63) is 89.5 Å². The topological polar surface area (TPSA) is 26.0 Å². The second-order valence-corrected chi connectivity index (χ2v) is 6.33. The monoisotopic (exact) mass is 301 g/mol. The molecule has 0 saturated carbocycles. The van der Waals surface area contributed by atoms with Crippen LogP contribution in [0, 0.1) is 12.8 Å². The third-order valence-corrected chi connectivity index (χ3v) is 4.42. The molecule has 1 aliphatic rings. The third kappa shape index (κ3) is 3.14. The van der Waals surface area contributed by atoms with E-state index in [1.54, 1.807) is 0 Å². The van der Waals surface area contributed by atoms with Gasteiger partial charge in [0, 0.05) is 5.69 Å². The Kier molecular flexibility index (Phi) is 4.20. The maximum Gasteiger partial charge on any atom is 0.0317 e. The highest BCUT2D eigenvalue weighted by atomic mass is 14.5. The second kappa shape index (κ2) is 6.29. The predicted molar refractivity (Wildman–Crippen MR) is 101 cm³/mol. The van der Waals surface area contributed by atoms with Crippen LogP contribution in [0.15, 0.2) is 72.8 Å². The lowest BCUT2D eigenvalue weighted by molar-refractivity contribution is 0.735. The Labute approximate surface area is 138 Å². The van der Waals surface area contributed by atoms with E-state index < -0.39 is 0 Å². The van der Waals surface area contributed by atoms with Crippen LogP contribution in [0.5, 0.6) is 0 Å². The highest BCUT2D eigenvalue weighted by Gasteiger charge is 2.19. The maximum atomic E-state index is 5.91. The van der Waals surface area contributed by atoms with Crippen LogP contribution in [0.25, 0.3) is 11.1 Å². The average Bonchev–Trinajstić information content (AvgIpc) is 2.55. The second-order valence-electron chi connectivity index (χ2n) is 6.33. The minimum absolute atomic E-state index is 0.531. The van der Waals surface area contributed by atoms with Crippen LogP contribution >= 0.6 is 0 Å². The molecule has 0 heterocycles. The van der Waals surface area contributed by atoms with Gasteiger partial charge in [-0.25, -0.2) is 0 Å². The summed E-state index contributed by atoms with van der Waals surface area (Å²) in [6.07, 6.45) is 5.75. The zero-order valence-corrected chi connectivity index (χ0v) is 13.8. The molecule has 1 atom stereocenters. The number of anilines is 1. The molecule has 0 amide bonds. The first kappa shape index (κ1) is 15.4. The Bertz CT molecular complexity index is 794. The van der Waals surface area contributed by atoms with Gasteiger partial charge in [-0.3, -0.25) is 0 Å². The summed E-state index contributed by atoms with van der Waals surface area (Å²) in [6, 6.07) is 16.5. The molecule has 0 spiro atoms. The van der Waals surface area contributed by atoms with Crippen LogP contribution in [0.1, 0.15) is 30.0 Å². The number of allylic oxidation sites excluding steroid dienone is 5. The van der Waals surface area contributed by atoms with Crippen LogP contribution in [-0.2, 0) is 0 Å². The Morgan fingerprint density at radius 1 is 1.13 bits per heavy atom. The van der Waals surface area contributed by atoms with Gasteiger partial charge in [-0.05, 0) is 64.8 Å². The summed E-state index contributed by atoms with van der Waals surface area (Å²) in [6.45, 7) is 8.74. The highest BCUT2D eigenvalue weighted by Crippen LogP contribution is 2.39. The summed E-state index contributed by atoms with van der Waals surface area (Å²) < 4.78 is 0. The van der Waals surface area contributed by atoms with Gasteiger partial charge in [-0.15, -0.1) is 0 Å². The van der Waals surface area contributed by atoms with Gasteiger partial charge in [0.25, 0.3) is 0 Å². The van der Waals surface area contributed by atoms with Crippen molar-refractivity contribution in [3.63, 3.8) is 0 Å². The molecule has 0 saturated heterocycles. The maximum absolute atomic E-state index is 5.91. The largest absolute Gasteiger partial charge is 0.399 e. The zero-order valence-electron chi connectivity index (χ0n) is 13.8. The van der Waals surface area contributed by atoms with E-state index >= 15 is 0 Å². The van der Waals surface area contributed by atoms with Gasteiger partial charge in [0.1, 0.15) is 0 Å². The summed E-state index contributed by atoms with van der Waals surface area (Å²) in [4.78, 5) is 0. The fourth-order valence-electron chi connectivity index (χ4n) is 3.16. The van der Waals surface area contributed by atoms with E-state index in [0.717, 1.165) is 17.7 Å². The molecule has 23 heavy (non-hydrogen) atoms. The summed E-state index contributed by atoms with van der Waals surface area (Å²) in [5, 5.41) is 0. The van der Waals surface area contributed by atoms with Gasteiger partial charge in [0.2, 0.25) is 0 Å². The van der Waals surface area contributed by atoms with E-state index in [-0.39, 0.29) is 0 Å². The molecule has 0 radical (unpaired) electrons. The van der Waals surface area contributed by atoms with E-state index in [2.05, 4.69) is 62.9 Å². The number of aryl methyl sites for hydroxylation is 1. The quantitative estimate of drug-likeness (QED) is 0.729. The van der Waals surface area contributed by atoms with Gasteiger partial charge in [-0.2, -0.15) is 0 Å². The van der Waals surface area contributed by atoms with E-state index in [0.29, 0.717) is 5.92 Å². The Morgan fingerprint density at radius 3 is 2.57 bits per heavy atom. The zero-order chi connectivity index (χ0) is 16.4. The van der Waals surface area contributed by atoms with Gasteiger partial charge in [0.15, 0.2) is 0 Å². The predicted octanol–water partition coefficient (Wildman–Crippen LogP) is 5.64. The van der Waals surface area contributed by atoms with Gasteiger partial charge in [0.05, 0.1) is 0 Å². The molecule has 2 aromatic carbocycles. The number of nitrogen functional groups attached to an aromatic ring is 1. The average molecular weight is 301 g/mol. The first-order valence-corrected chi connectivity index (χ1v) is 8.10. The van der Waals surface area contributed by atoms with Crippen LogP contribution in [-0.4, -0.2) is 0 Å². The molecule has 116 valence electrons. The molecule has 2 N–H and O–H groups in total. The van der Waals surface area contributed by atoms with Gasteiger partial charge >= 0.3 is 0 Å². The summed E-state index contributed by atoms with van der Waals surface area (Å²) in [5.41, 5.74) is 13.9. The molecule has 2 aromatic rings. The number of rotatable bonds is 3. The SMILES string of the molecule is C=C(C1=CC(C)CC=C1c1ccc(N)cc1C)c1ccccc1. The molecule has 3 rings (SSSR count).